The largest absolute Gasteiger partial charge is 0.497 e. The zero-order valence-corrected chi connectivity index (χ0v) is 15.1. The quantitative estimate of drug-likeness (QED) is 0.620. The van der Waals surface area contributed by atoms with Gasteiger partial charge in [0.25, 0.3) is 5.72 Å². The highest BCUT2D eigenvalue weighted by atomic mass is 19.4. The van der Waals surface area contributed by atoms with Crippen LogP contribution in [0.1, 0.15) is 32.8 Å². The number of aliphatic hydroxyl groups is 1. The number of methoxy groups -OCH3 is 1. The molecular formula is C17H19F3N2O5. The smallest absolute Gasteiger partial charge is 0.438 e. The Morgan fingerprint density at radius 1 is 1.26 bits per heavy atom. The van der Waals surface area contributed by atoms with Crippen molar-refractivity contribution < 1.29 is 37.3 Å². The highest BCUT2D eigenvalue weighted by Gasteiger charge is 2.64. The van der Waals surface area contributed by atoms with E-state index in [4.69, 9.17) is 9.47 Å². The molecule has 1 aliphatic rings. The number of benzene rings is 1. The van der Waals surface area contributed by atoms with Gasteiger partial charge in [-0.05, 0) is 32.9 Å². The third kappa shape index (κ3) is 4.21. The maximum Gasteiger partial charge on any atom is 0.438 e. The van der Waals surface area contributed by atoms with Crippen LogP contribution in [-0.2, 0) is 14.3 Å². The van der Waals surface area contributed by atoms with Crippen LogP contribution in [-0.4, -0.2) is 52.3 Å². The molecule has 0 saturated carbocycles. The van der Waals surface area contributed by atoms with Gasteiger partial charge >= 0.3 is 18.1 Å². The fourth-order valence-electron chi connectivity index (χ4n) is 2.35. The molecule has 2 rings (SSSR count). The van der Waals surface area contributed by atoms with Gasteiger partial charge in [-0.3, -0.25) is 4.79 Å². The van der Waals surface area contributed by atoms with E-state index in [9.17, 15) is 27.9 Å². The molecule has 0 bridgehead atoms. The van der Waals surface area contributed by atoms with Gasteiger partial charge < -0.3 is 14.6 Å². The molecular weight excluding hydrogens is 369 g/mol. The molecule has 1 aliphatic heterocycles. The number of nitrogens with zero attached hydrogens (tertiary/aromatic N) is 2. The molecule has 0 fully saturated rings. The minimum atomic E-state index is -5.26. The third-order valence-electron chi connectivity index (χ3n) is 3.61. The lowest BCUT2D eigenvalue weighted by atomic mass is 10.0. The van der Waals surface area contributed by atoms with Gasteiger partial charge in [0.15, 0.2) is 0 Å². The van der Waals surface area contributed by atoms with Gasteiger partial charge in [0.05, 0.1) is 19.2 Å². The first-order valence-corrected chi connectivity index (χ1v) is 7.87. The number of esters is 1. The summed E-state index contributed by atoms with van der Waals surface area (Å²) in [6.07, 6.45) is -6.30. The lowest BCUT2D eigenvalue weighted by Gasteiger charge is -2.32. The van der Waals surface area contributed by atoms with Crippen LogP contribution in [0.2, 0.25) is 0 Å². The predicted molar refractivity (Wildman–Crippen MR) is 87.8 cm³/mol. The molecule has 0 saturated heterocycles. The zero-order valence-electron chi connectivity index (χ0n) is 15.1. The van der Waals surface area contributed by atoms with Crippen LogP contribution in [0.4, 0.5) is 13.2 Å². The van der Waals surface area contributed by atoms with E-state index in [1.54, 1.807) is 6.07 Å². The maximum absolute atomic E-state index is 13.5. The fourth-order valence-corrected chi connectivity index (χ4v) is 2.35. The first-order chi connectivity index (χ1) is 12.3. The lowest BCUT2D eigenvalue weighted by molar-refractivity contribution is -0.302. The Kier molecular flexibility index (Phi) is 5.24. The van der Waals surface area contributed by atoms with Crippen LogP contribution >= 0.6 is 0 Å². The second kappa shape index (κ2) is 6.84. The molecule has 0 unspecified atom stereocenters. The Morgan fingerprint density at radius 2 is 1.89 bits per heavy atom. The van der Waals surface area contributed by atoms with Crippen molar-refractivity contribution in [1.29, 1.82) is 0 Å². The predicted octanol–water partition coefficient (Wildman–Crippen LogP) is 2.22. The van der Waals surface area contributed by atoms with E-state index in [1.807, 2.05) is 0 Å². The molecule has 0 radical (unpaired) electrons. The van der Waals surface area contributed by atoms with Gasteiger partial charge in [0, 0.05) is 5.56 Å². The molecule has 1 N–H and O–H groups in total. The molecule has 1 amide bonds. The number of amides is 1. The second-order valence-electron chi connectivity index (χ2n) is 6.89. The van der Waals surface area contributed by atoms with Crippen molar-refractivity contribution in [3.63, 3.8) is 0 Å². The van der Waals surface area contributed by atoms with E-state index < -0.39 is 35.8 Å². The SMILES string of the molecule is COc1cccc(C2=NN(C(=O)C(=O)OC(C)(C)C)[C@@](O)(C(F)(F)F)C2)c1. The first kappa shape index (κ1) is 20.7. The van der Waals surface area contributed by atoms with Crippen molar-refractivity contribution in [2.75, 3.05) is 7.11 Å². The Morgan fingerprint density at radius 3 is 2.41 bits per heavy atom. The van der Waals surface area contributed by atoms with Crippen LogP contribution in [0.25, 0.3) is 0 Å². The van der Waals surface area contributed by atoms with E-state index in [2.05, 4.69) is 5.10 Å². The molecule has 10 heteroatoms. The number of carbonyl (C=O) groups excluding carboxylic acids is 2. The summed E-state index contributed by atoms with van der Waals surface area (Å²) < 4.78 is 50.3. The summed E-state index contributed by atoms with van der Waals surface area (Å²) in [6, 6.07) is 5.93. The summed E-state index contributed by atoms with van der Waals surface area (Å²) in [5.74, 6) is -2.92. The number of rotatable bonds is 2. The van der Waals surface area contributed by atoms with Crippen molar-refractivity contribution in [2.45, 2.75) is 44.7 Å². The molecule has 1 heterocycles. The Bertz CT molecular complexity index is 786. The van der Waals surface area contributed by atoms with Crippen molar-refractivity contribution in [3.8, 4) is 5.75 Å². The number of hydrogen-bond donors (Lipinski definition) is 1. The van der Waals surface area contributed by atoms with Crippen LogP contribution in [0.3, 0.4) is 0 Å². The molecule has 148 valence electrons. The molecule has 0 spiro atoms. The van der Waals surface area contributed by atoms with E-state index in [0.29, 0.717) is 5.75 Å². The van der Waals surface area contributed by atoms with E-state index in [1.165, 1.54) is 46.1 Å². The Hall–Kier alpha value is -2.62. The minimum absolute atomic E-state index is 0.205. The number of halogens is 3. The summed E-state index contributed by atoms with van der Waals surface area (Å²) in [7, 11) is 1.37. The first-order valence-electron chi connectivity index (χ1n) is 7.87. The van der Waals surface area contributed by atoms with Crippen LogP contribution in [0.15, 0.2) is 29.4 Å². The molecule has 27 heavy (non-hydrogen) atoms. The van der Waals surface area contributed by atoms with Crippen molar-refractivity contribution in [3.05, 3.63) is 29.8 Å². The van der Waals surface area contributed by atoms with E-state index in [-0.39, 0.29) is 16.3 Å². The maximum atomic E-state index is 13.5. The number of ether oxygens (including phenoxy) is 2. The normalized spacial score (nSPS) is 20.3. The van der Waals surface area contributed by atoms with Crippen LogP contribution in [0, 0.1) is 0 Å². The summed E-state index contributed by atoms with van der Waals surface area (Å²) in [5, 5.41) is 13.5. The lowest BCUT2D eigenvalue weighted by Crippen LogP contribution is -2.58. The molecule has 1 atom stereocenters. The minimum Gasteiger partial charge on any atom is -0.497 e. The third-order valence-corrected chi connectivity index (χ3v) is 3.61. The molecule has 1 aromatic rings. The molecule has 0 aliphatic carbocycles. The second-order valence-corrected chi connectivity index (χ2v) is 6.89. The zero-order chi connectivity index (χ0) is 20.6. The average molecular weight is 388 g/mol. The highest BCUT2D eigenvalue weighted by Crippen LogP contribution is 2.41. The van der Waals surface area contributed by atoms with Gasteiger partial charge in [-0.1, -0.05) is 12.1 Å². The number of alkyl halides is 3. The van der Waals surface area contributed by atoms with Gasteiger partial charge in [-0.15, -0.1) is 0 Å². The molecule has 1 aromatic carbocycles. The number of hydrogen-bond acceptors (Lipinski definition) is 6. The highest BCUT2D eigenvalue weighted by molar-refractivity contribution is 6.33. The van der Waals surface area contributed by atoms with Crippen LogP contribution in [0.5, 0.6) is 5.75 Å². The van der Waals surface area contributed by atoms with E-state index in [0.717, 1.165) is 0 Å². The number of hydrazone groups is 1. The standard InChI is InChI=1S/C17H19F3N2O5/c1-15(2,3)27-14(24)13(23)22-16(25,17(18,19)20)9-12(21-22)10-6-5-7-11(8-10)26-4/h5-8,25H,9H2,1-4H3/t16-/m0/s1. The van der Waals surface area contributed by atoms with E-state index >= 15 is 0 Å². The van der Waals surface area contributed by atoms with Crippen molar-refractivity contribution in [2.24, 2.45) is 5.10 Å². The Labute approximate surface area is 153 Å². The van der Waals surface area contributed by atoms with Gasteiger partial charge in [-0.25, -0.2) is 4.79 Å². The van der Waals surface area contributed by atoms with Crippen molar-refractivity contribution in [1.82, 2.24) is 5.01 Å². The average Bonchev–Trinajstić information content (AvgIpc) is 2.91. The monoisotopic (exact) mass is 388 g/mol. The van der Waals surface area contributed by atoms with Crippen molar-refractivity contribution >= 4 is 17.6 Å². The summed E-state index contributed by atoms with van der Waals surface area (Å²) in [5.41, 5.74) is -4.80. The Balaban J connectivity index is 2.44. The topological polar surface area (TPSA) is 88.4 Å². The van der Waals surface area contributed by atoms with Gasteiger partial charge in [-0.2, -0.15) is 23.3 Å². The summed E-state index contributed by atoms with van der Waals surface area (Å²) in [4.78, 5) is 24.2. The summed E-state index contributed by atoms with van der Waals surface area (Å²) >= 11 is 0. The van der Waals surface area contributed by atoms with Crippen LogP contribution < -0.4 is 4.74 Å². The van der Waals surface area contributed by atoms with Gasteiger partial charge in [0.1, 0.15) is 11.4 Å². The fraction of sp³-hybridized carbons (Fsp3) is 0.471. The summed E-state index contributed by atoms with van der Waals surface area (Å²) in [6.45, 7) is 4.34. The van der Waals surface area contributed by atoms with Gasteiger partial charge in [0.2, 0.25) is 0 Å². The molecule has 7 nitrogen and oxygen atoms in total. The molecule has 0 aromatic heterocycles. The number of carbonyl (C=O) groups is 2.